The number of carbonyl (C=O) groups is 1. The smallest absolute Gasteiger partial charge is 0.226 e. The van der Waals surface area contributed by atoms with Crippen molar-refractivity contribution in [1.29, 1.82) is 0 Å². The topological polar surface area (TPSA) is 72.7 Å². The number of nitrogens with zero attached hydrogens (tertiary/aromatic N) is 5. The van der Waals surface area contributed by atoms with Crippen LogP contribution in [-0.4, -0.2) is 74.9 Å². The number of hydrogen-bond acceptors (Lipinski definition) is 6. The van der Waals surface area contributed by atoms with E-state index >= 15 is 4.39 Å². The number of benzene rings is 2. The van der Waals surface area contributed by atoms with Crippen molar-refractivity contribution in [1.82, 2.24) is 24.6 Å². The molecule has 1 spiro atoms. The molecule has 11 heteroatoms. The molecule has 1 amide bonds. The molecule has 1 aliphatic carbocycles. The molecule has 8 nitrogen and oxygen atoms in total. The van der Waals surface area contributed by atoms with E-state index in [2.05, 4.69) is 41.0 Å². The lowest BCUT2D eigenvalue weighted by Gasteiger charge is -2.42. The zero-order valence-electron chi connectivity index (χ0n) is 27.4. The molecule has 1 saturated carbocycles. The number of rotatable bonds is 5. The number of hydrogen-bond donors (Lipinski definition) is 0. The minimum atomic E-state index is -0.605. The van der Waals surface area contributed by atoms with E-state index in [0.717, 1.165) is 41.5 Å². The molecule has 2 bridgehead atoms. The molecular weight excluding hydrogens is 624 g/mol. The molecule has 0 radical (unpaired) electrons. The van der Waals surface area contributed by atoms with Gasteiger partial charge in [-0.25, -0.2) is 13.8 Å². The standard InChI is InChI=1S/C36H42ClF2N5O3/c1-20-11-28-29(16-30(20)37)36(47-32(28)35(2,3)34-40-19-41-42(34)4)7-9-43(10-8-36)33(45)27-15-22(44-17-24-13-23(44)18-46-24)14-26(27)25-6-5-21(38)12-31(25)39/h5-6,11-12,16,19,22-24,26-27,32H,7-10,13-15,17-18H2,1-4H3/t22-,23-,24-,26+,27-,32+/m1/s1. The Morgan fingerprint density at radius 1 is 1.06 bits per heavy atom. The van der Waals surface area contributed by atoms with Gasteiger partial charge in [-0.2, -0.15) is 5.10 Å². The molecule has 1 aromatic heterocycles. The van der Waals surface area contributed by atoms with Crippen molar-refractivity contribution in [2.24, 2.45) is 13.0 Å². The lowest BCUT2D eigenvalue weighted by Crippen LogP contribution is -2.48. The molecule has 3 aromatic rings. The summed E-state index contributed by atoms with van der Waals surface area (Å²) in [5.74, 6) is -0.994. The van der Waals surface area contributed by atoms with Gasteiger partial charge in [0, 0.05) is 55.8 Å². The van der Waals surface area contributed by atoms with E-state index in [0.29, 0.717) is 62.0 Å². The number of likely N-dealkylation sites (tertiary alicyclic amines) is 2. The zero-order valence-corrected chi connectivity index (χ0v) is 28.1. The number of aryl methyl sites for hydroxylation is 2. The van der Waals surface area contributed by atoms with Gasteiger partial charge in [-0.15, -0.1) is 0 Å². The first-order valence-corrected chi connectivity index (χ1v) is 17.3. The van der Waals surface area contributed by atoms with Gasteiger partial charge in [-0.05, 0) is 93.2 Å². The third-order valence-corrected chi connectivity index (χ3v) is 12.3. The van der Waals surface area contributed by atoms with Crippen LogP contribution in [0.4, 0.5) is 8.78 Å². The highest BCUT2D eigenvalue weighted by Gasteiger charge is 2.54. The van der Waals surface area contributed by atoms with Crippen molar-refractivity contribution >= 4 is 17.5 Å². The Morgan fingerprint density at radius 2 is 1.85 bits per heavy atom. The van der Waals surface area contributed by atoms with Crippen LogP contribution in [0.15, 0.2) is 36.7 Å². The molecular formula is C36H42ClF2N5O3. The lowest BCUT2D eigenvalue weighted by molar-refractivity contribution is -0.151. The second-order valence-electron chi connectivity index (χ2n) is 15.0. The Morgan fingerprint density at radius 3 is 2.51 bits per heavy atom. The molecule has 5 aliphatic rings. The molecule has 4 aliphatic heterocycles. The molecule has 3 saturated heterocycles. The Kier molecular flexibility index (Phi) is 7.55. The Bertz CT molecular complexity index is 1720. The summed E-state index contributed by atoms with van der Waals surface area (Å²) in [5, 5.41) is 5.02. The summed E-state index contributed by atoms with van der Waals surface area (Å²) in [6.07, 6.45) is 5.12. The maximum Gasteiger partial charge on any atom is 0.226 e. The highest BCUT2D eigenvalue weighted by molar-refractivity contribution is 6.31. The predicted octanol–water partition coefficient (Wildman–Crippen LogP) is 5.96. The van der Waals surface area contributed by atoms with Crippen LogP contribution >= 0.6 is 11.6 Å². The van der Waals surface area contributed by atoms with Crippen LogP contribution in [0.25, 0.3) is 0 Å². The van der Waals surface area contributed by atoms with Crippen molar-refractivity contribution in [3.63, 3.8) is 0 Å². The molecule has 0 N–H and O–H groups in total. The Labute approximate surface area is 279 Å². The third-order valence-electron chi connectivity index (χ3n) is 11.9. The van der Waals surface area contributed by atoms with Crippen LogP contribution in [0.1, 0.15) is 86.1 Å². The summed E-state index contributed by atoms with van der Waals surface area (Å²) >= 11 is 6.72. The molecule has 8 rings (SSSR count). The van der Waals surface area contributed by atoms with Crippen LogP contribution in [0.5, 0.6) is 0 Å². The van der Waals surface area contributed by atoms with E-state index in [9.17, 15) is 9.18 Å². The minimum Gasteiger partial charge on any atom is -0.375 e. The summed E-state index contributed by atoms with van der Waals surface area (Å²) in [7, 11) is 1.90. The van der Waals surface area contributed by atoms with Crippen molar-refractivity contribution in [2.75, 3.05) is 26.2 Å². The van der Waals surface area contributed by atoms with Gasteiger partial charge < -0.3 is 14.4 Å². The number of morpholine rings is 1. The van der Waals surface area contributed by atoms with E-state index in [4.69, 9.17) is 21.1 Å². The van der Waals surface area contributed by atoms with Gasteiger partial charge >= 0.3 is 0 Å². The molecule has 0 unspecified atom stereocenters. The number of halogens is 3. The quantitative estimate of drug-likeness (QED) is 0.335. The normalized spacial score (nSPS) is 30.1. The number of fused-ring (bicyclic) bond motifs is 4. The summed E-state index contributed by atoms with van der Waals surface area (Å²) in [4.78, 5) is 23.5. The van der Waals surface area contributed by atoms with E-state index in [1.54, 1.807) is 11.0 Å². The SMILES string of the molecule is Cc1cc2c(cc1Cl)C1(CCN(C(=O)[C@@H]3C[C@H](N4C[C@H]5C[C@@H]4CO5)C[C@H]3c3ccc(F)cc3F)CC1)O[C@@H]2C(C)(C)c1ncnn1C. The van der Waals surface area contributed by atoms with Gasteiger partial charge in [-0.1, -0.05) is 23.7 Å². The Hall–Kier alpha value is -2.92. The third kappa shape index (κ3) is 5.04. The van der Waals surface area contributed by atoms with Crippen molar-refractivity contribution in [3.05, 3.63) is 81.4 Å². The maximum absolute atomic E-state index is 15.3. The molecule has 2 aromatic carbocycles. The zero-order chi connectivity index (χ0) is 32.8. The summed E-state index contributed by atoms with van der Waals surface area (Å²) in [5.41, 5.74) is 2.54. The number of piperidine rings is 1. The summed E-state index contributed by atoms with van der Waals surface area (Å²) < 4.78 is 44.0. The number of amides is 1. The van der Waals surface area contributed by atoms with Gasteiger partial charge in [0.25, 0.3) is 0 Å². The first kappa shape index (κ1) is 31.4. The minimum absolute atomic E-state index is 0.0489. The lowest BCUT2D eigenvalue weighted by atomic mass is 9.78. The van der Waals surface area contributed by atoms with E-state index in [1.807, 2.05) is 18.9 Å². The highest BCUT2D eigenvalue weighted by Crippen LogP contribution is 2.56. The fourth-order valence-electron chi connectivity index (χ4n) is 9.49. The second-order valence-corrected chi connectivity index (χ2v) is 15.4. The fraction of sp³-hybridized carbons (Fsp3) is 0.583. The first-order valence-electron chi connectivity index (χ1n) is 16.9. The number of aromatic nitrogens is 3. The molecule has 4 fully saturated rings. The average molecular weight is 666 g/mol. The predicted molar refractivity (Wildman–Crippen MR) is 172 cm³/mol. The van der Waals surface area contributed by atoms with Crippen LogP contribution in [0, 0.1) is 24.5 Å². The largest absolute Gasteiger partial charge is 0.375 e. The first-order chi connectivity index (χ1) is 22.4. The fourth-order valence-corrected chi connectivity index (χ4v) is 9.65. The average Bonchev–Trinajstić information content (AvgIpc) is 3.88. The monoisotopic (exact) mass is 665 g/mol. The second kappa shape index (κ2) is 11.3. The van der Waals surface area contributed by atoms with Crippen molar-refractivity contribution in [2.45, 2.75) is 94.1 Å². The molecule has 250 valence electrons. The number of carbonyl (C=O) groups excluding carboxylic acids is 1. The van der Waals surface area contributed by atoms with Gasteiger partial charge in [0.2, 0.25) is 5.91 Å². The highest BCUT2D eigenvalue weighted by atomic mass is 35.5. The van der Waals surface area contributed by atoms with Crippen LogP contribution in [0.2, 0.25) is 5.02 Å². The van der Waals surface area contributed by atoms with Crippen LogP contribution < -0.4 is 0 Å². The number of ether oxygens (including phenoxy) is 2. The summed E-state index contributed by atoms with van der Waals surface area (Å²) in [6, 6.07) is 8.50. The van der Waals surface area contributed by atoms with Crippen LogP contribution in [-0.2, 0) is 32.3 Å². The van der Waals surface area contributed by atoms with Crippen molar-refractivity contribution in [3.8, 4) is 0 Å². The van der Waals surface area contributed by atoms with E-state index in [-0.39, 0.29) is 36.0 Å². The van der Waals surface area contributed by atoms with E-state index < -0.39 is 22.7 Å². The van der Waals surface area contributed by atoms with Crippen molar-refractivity contribution < 1.29 is 23.0 Å². The van der Waals surface area contributed by atoms with E-state index in [1.165, 1.54) is 12.1 Å². The molecule has 5 heterocycles. The van der Waals surface area contributed by atoms with Gasteiger partial charge in [0.15, 0.2) is 0 Å². The molecule has 47 heavy (non-hydrogen) atoms. The molecule has 6 atom stereocenters. The van der Waals surface area contributed by atoms with Gasteiger partial charge in [0.05, 0.1) is 29.8 Å². The van der Waals surface area contributed by atoms with Crippen LogP contribution in [0.3, 0.4) is 0 Å². The Balaban J connectivity index is 1.06. The summed E-state index contributed by atoms with van der Waals surface area (Å²) in [6.45, 7) is 8.88. The van der Waals surface area contributed by atoms with Gasteiger partial charge in [0.1, 0.15) is 23.8 Å². The maximum atomic E-state index is 15.3. The van der Waals surface area contributed by atoms with Gasteiger partial charge in [-0.3, -0.25) is 14.4 Å².